The summed E-state index contributed by atoms with van der Waals surface area (Å²) in [7, 11) is 1.51. The molecular formula is C22H32F2N2O4. The molecule has 1 aromatic rings. The number of benzene rings is 1. The second-order valence-corrected chi connectivity index (χ2v) is 8.61. The zero-order valence-corrected chi connectivity index (χ0v) is 18.3. The molecule has 0 bridgehead atoms. The van der Waals surface area contributed by atoms with Gasteiger partial charge in [0.25, 0.3) is 0 Å². The molecule has 0 spiro atoms. The summed E-state index contributed by atoms with van der Waals surface area (Å²) >= 11 is 0. The molecule has 1 heterocycles. The standard InChI is InChI=1S/C22H32F2N2O4/c1-14(20(27)25-12-11-15-16(23)8-6-9-17(15)24)19(29-5)18-10-7-13-26(18)21(28)30-22(2,3)4/h6,8-9,14,18-19H,7,10-13H2,1-5H3,(H,25,27)/t14-,18?,19-/m1/s1. The minimum Gasteiger partial charge on any atom is -0.444 e. The van der Waals surface area contributed by atoms with Crippen LogP contribution in [0.1, 0.15) is 46.1 Å². The lowest BCUT2D eigenvalue weighted by Crippen LogP contribution is -2.50. The molecule has 1 saturated heterocycles. The number of nitrogens with zero attached hydrogens (tertiary/aromatic N) is 1. The van der Waals surface area contributed by atoms with Crippen molar-refractivity contribution in [3.63, 3.8) is 0 Å². The first-order chi connectivity index (χ1) is 14.0. The normalized spacial score (nSPS) is 18.8. The molecule has 0 saturated carbocycles. The van der Waals surface area contributed by atoms with Crippen molar-refractivity contribution >= 4 is 12.0 Å². The first kappa shape index (κ1) is 24.1. The maximum Gasteiger partial charge on any atom is 0.410 e. The Bertz CT molecular complexity index is 731. The average molecular weight is 427 g/mol. The summed E-state index contributed by atoms with van der Waals surface area (Å²) in [5, 5.41) is 2.72. The number of amides is 2. The Balaban J connectivity index is 1.98. The predicted octanol–water partition coefficient (Wildman–Crippen LogP) is 3.67. The third-order valence-electron chi connectivity index (χ3n) is 5.22. The van der Waals surface area contributed by atoms with Crippen LogP contribution in [0.3, 0.4) is 0 Å². The van der Waals surface area contributed by atoms with Crippen LogP contribution in [-0.4, -0.2) is 54.8 Å². The van der Waals surface area contributed by atoms with E-state index in [1.807, 2.05) is 0 Å². The van der Waals surface area contributed by atoms with Crippen LogP contribution in [0, 0.1) is 17.6 Å². The molecular weight excluding hydrogens is 394 g/mol. The number of halogens is 2. The van der Waals surface area contributed by atoms with E-state index in [-0.39, 0.29) is 30.5 Å². The lowest BCUT2D eigenvalue weighted by molar-refractivity contribution is -0.130. The van der Waals surface area contributed by atoms with E-state index in [0.29, 0.717) is 13.0 Å². The highest BCUT2D eigenvalue weighted by molar-refractivity contribution is 5.79. The topological polar surface area (TPSA) is 67.9 Å². The summed E-state index contributed by atoms with van der Waals surface area (Å²) in [6.07, 6.45) is 0.600. The Labute approximate surface area is 176 Å². The summed E-state index contributed by atoms with van der Waals surface area (Å²) in [6, 6.07) is 3.40. The fourth-order valence-electron chi connectivity index (χ4n) is 3.77. The quantitative estimate of drug-likeness (QED) is 0.722. The van der Waals surface area contributed by atoms with Crippen molar-refractivity contribution in [3.05, 3.63) is 35.4 Å². The van der Waals surface area contributed by atoms with Crippen LogP contribution < -0.4 is 5.32 Å². The van der Waals surface area contributed by atoms with Crippen LogP contribution in [0.4, 0.5) is 13.6 Å². The molecule has 3 atom stereocenters. The zero-order valence-electron chi connectivity index (χ0n) is 18.3. The molecule has 2 rings (SSSR count). The molecule has 1 fully saturated rings. The van der Waals surface area contributed by atoms with Crippen molar-refractivity contribution in [3.8, 4) is 0 Å². The lowest BCUT2D eigenvalue weighted by atomic mass is 9.95. The smallest absolute Gasteiger partial charge is 0.410 e. The van der Waals surface area contributed by atoms with E-state index in [9.17, 15) is 18.4 Å². The number of hydrogen-bond donors (Lipinski definition) is 1. The van der Waals surface area contributed by atoms with Gasteiger partial charge in [0.15, 0.2) is 0 Å². The maximum atomic E-state index is 13.7. The van der Waals surface area contributed by atoms with Crippen LogP contribution in [0.5, 0.6) is 0 Å². The molecule has 1 aliphatic rings. The number of likely N-dealkylation sites (tertiary alicyclic amines) is 1. The summed E-state index contributed by atoms with van der Waals surface area (Å²) < 4.78 is 38.6. The maximum absolute atomic E-state index is 13.7. The molecule has 0 radical (unpaired) electrons. The van der Waals surface area contributed by atoms with Gasteiger partial charge in [-0.25, -0.2) is 13.6 Å². The minimum absolute atomic E-state index is 0.0437. The predicted molar refractivity (Wildman–Crippen MR) is 109 cm³/mol. The SMILES string of the molecule is CO[C@@H](C1CCCN1C(=O)OC(C)(C)C)[C@@H](C)C(=O)NCCc1c(F)cccc1F. The van der Waals surface area contributed by atoms with Gasteiger partial charge in [-0.3, -0.25) is 4.79 Å². The summed E-state index contributed by atoms with van der Waals surface area (Å²) in [4.78, 5) is 26.8. The summed E-state index contributed by atoms with van der Waals surface area (Å²) in [6.45, 7) is 7.77. The van der Waals surface area contributed by atoms with Gasteiger partial charge in [-0.2, -0.15) is 0 Å². The summed E-state index contributed by atoms with van der Waals surface area (Å²) in [5.74, 6) is -2.12. The molecule has 1 unspecified atom stereocenters. The van der Waals surface area contributed by atoms with Gasteiger partial charge in [-0.1, -0.05) is 13.0 Å². The van der Waals surface area contributed by atoms with Gasteiger partial charge in [0.2, 0.25) is 5.91 Å². The fraction of sp³-hybridized carbons (Fsp3) is 0.636. The second kappa shape index (κ2) is 10.2. The zero-order chi connectivity index (χ0) is 22.5. The molecule has 2 amide bonds. The molecule has 0 aromatic heterocycles. The molecule has 168 valence electrons. The molecule has 1 N–H and O–H groups in total. The summed E-state index contributed by atoms with van der Waals surface area (Å²) in [5.41, 5.74) is -0.668. The van der Waals surface area contributed by atoms with Gasteiger partial charge < -0.3 is 19.7 Å². The van der Waals surface area contributed by atoms with E-state index in [4.69, 9.17) is 9.47 Å². The van der Waals surface area contributed by atoms with Crippen molar-refractivity contribution in [2.75, 3.05) is 20.2 Å². The van der Waals surface area contributed by atoms with E-state index in [2.05, 4.69) is 5.32 Å². The number of carbonyl (C=O) groups excluding carboxylic acids is 2. The minimum atomic E-state index is -0.633. The van der Waals surface area contributed by atoms with Gasteiger partial charge in [-0.05, 0) is 52.2 Å². The number of methoxy groups -OCH3 is 1. The van der Waals surface area contributed by atoms with Gasteiger partial charge >= 0.3 is 6.09 Å². The molecule has 1 aliphatic heterocycles. The van der Waals surface area contributed by atoms with Crippen LogP contribution in [0.2, 0.25) is 0 Å². The second-order valence-electron chi connectivity index (χ2n) is 8.61. The molecule has 30 heavy (non-hydrogen) atoms. The Morgan fingerprint density at radius 3 is 2.47 bits per heavy atom. The van der Waals surface area contributed by atoms with Crippen molar-refractivity contribution in [2.45, 2.75) is 64.7 Å². The van der Waals surface area contributed by atoms with Crippen LogP contribution in [-0.2, 0) is 20.7 Å². The highest BCUT2D eigenvalue weighted by Crippen LogP contribution is 2.28. The monoisotopic (exact) mass is 426 g/mol. The van der Waals surface area contributed by atoms with Crippen LogP contribution in [0.25, 0.3) is 0 Å². The average Bonchev–Trinajstić information content (AvgIpc) is 3.12. The molecule has 6 nitrogen and oxygen atoms in total. The van der Waals surface area contributed by atoms with E-state index in [1.54, 1.807) is 32.6 Å². The van der Waals surface area contributed by atoms with Crippen molar-refractivity contribution in [2.24, 2.45) is 5.92 Å². The van der Waals surface area contributed by atoms with Gasteiger partial charge in [-0.15, -0.1) is 0 Å². The van der Waals surface area contributed by atoms with Gasteiger partial charge in [0.1, 0.15) is 17.2 Å². The fourth-order valence-corrected chi connectivity index (χ4v) is 3.77. The number of rotatable bonds is 7. The van der Waals surface area contributed by atoms with E-state index in [1.165, 1.54) is 25.3 Å². The third-order valence-corrected chi connectivity index (χ3v) is 5.22. The first-order valence-corrected chi connectivity index (χ1v) is 10.3. The van der Waals surface area contributed by atoms with Gasteiger partial charge in [0, 0.05) is 25.8 Å². The van der Waals surface area contributed by atoms with E-state index < -0.39 is 35.4 Å². The van der Waals surface area contributed by atoms with E-state index in [0.717, 1.165) is 6.42 Å². The first-order valence-electron chi connectivity index (χ1n) is 10.3. The Kier molecular flexibility index (Phi) is 8.18. The van der Waals surface area contributed by atoms with Crippen molar-refractivity contribution in [1.29, 1.82) is 0 Å². The number of nitrogens with one attached hydrogen (secondary N) is 1. The molecule has 1 aromatic carbocycles. The van der Waals surface area contributed by atoms with Crippen LogP contribution >= 0.6 is 0 Å². The lowest BCUT2D eigenvalue weighted by Gasteiger charge is -2.34. The largest absolute Gasteiger partial charge is 0.444 e. The van der Waals surface area contributed by atoms with E-state index >= 15 is 0 Å². The third kappa shape index (κ3) is 6.14. The number of hydrogen-bond acceptors (Lipinski definition) is 4. The number of carbonyl (C=O) groups is 2. The number of ether oxygens (including phenoxy) is 2. The van der Waals surface area contributed by atoms with Crippen LogP contribution in [0.15, 0.2) is 18.2 Å². The highest BCUT2D eigenvalue weighted by atomic mass is 19.1. The van der Waals surface area contributed by atoms with Crippen molar-refractivity contribution < 1.29 is 27.8 Å². The molecule has 8 heteroatoms. The molecule has 0 aliphatic carbocycles. The van der Waals surface area contributed by atoms with Gasteiger partial charge in [0.05, 0.1) is 18.1 Å². The Morgan fingerprint density at radius 2 is 1.90 bits per heavy atom. The highest BCUT2D eigenvalue weighted by Gasteiger charge is 2.41. The Morgan fingerprint density at radius 1 is 1.27 bits per heavy atom. The Hall–Kier alpha value is -2.22. The van der Waals surface area contributed by atoms with Crippen molar-refractivity contribution in [1.82, 2.24) is 10.2 Å².